The second-order valence-electron chi connectivity index (χ2n) is 5.92. The van der Waals surface area contributed by atoms with E-state index in [4.69, 9.17) is 0 Å². The van der Waals surface area contributed by atoms with E-state index in [9.17, 15) is 9.90 Å². The highest BCUT2D eigenvalue weighted by Crippen LogP contribution is 2.25. The van der Waals surface area contributed by atoms with E-state index in [0.717, 1.165) is 24.1 Å². The summed E-state index contributed by atoms with van der Waals surface area (Å²) in [6.45, 7) is 7.65. The third-order valence-electron chi connectivity index (χ3n) is 4.00. The van der Waals surface area contributed by atoms with Gasteiger partial charge in [-0.25, -0.2) is 0 Å². The van der Waals surface area contributed by atoms with Gasteiger partial charge in [0, 0.05) is 18.8 Å². The van der Waals surface area contributed by atoms with Gasteiger partial charge in [0.05, 0.1) is 12.1 Å². The summed E-state index contributed by atoms with van der Waals surface area (Å²) in [7, 11) is 0. The van der Waals surface area contributed by atoms with Crippen molar-refractivity contribution >= 4 is 11.6 Å². The molecule has 1 amide bonds. The zero-order valence-electron chi connectivity index (χ0n) is 12.6. The Labute approximate surface area is 120 Å². The predicted molar refractivity (Wildman–Crippen MR) is 80.8 cm³/mol. The highest BCUT2D eigenvalue weighted by atomic mass is 16.3. The number of β-amino-alcohol motifs (C(OH)–C–C–N with tert-alkyl or cyclic N) is 1. The number of carbonyl (C=O) groups excluding carboxylic acids is 1. The number of nitrogens with zero attached hydrogens (tertiary/aromatic N) is 1. The summed E-state index contributed by atoms with van der Waals surface area (Å²) >= 11 is 0. The van der Waals surface area contributed by atoms with Crippen LogP contribution in [0, 0.1) is 13.8 Å². The van der Waals surface area contributed by atoms with Gasteiger partial charge in [0.15, 0.2) is 0 Å². The maximum Gasteiger partial charge on any atom is 0.238 e. The maximum atomic E-state index is 12.0. The van der Waals surface area contributed by atoms with Gasteiger partial charge in [-0.15, -0.1) is 0 Å². The number of hydrogen-bond acceptors (Lipinski definition) is 3. The maximum absolute atomic E-state index is 12.0. The Morgan fingerprint density at radius 2 is 2.10 bits per heavy atom. The fourth-order valence-electron chi connectivity index (χ4n) is 2.80. The van der Waals surface area contributed by atoms with Gasteiger partial charge in [0.1, 0.15) is 0 Å². The number of hydrogen-bond donors (Lipinski definition) is 2. The molecule has 2 N–H and O–H groups in total. The zero-order chi connectivity index (χ0) is 14.8. The fraction of sp³-hybridized carbons (Fsp3) is 0.562. The summed E-state index contributed by atoms with van der Waals surface area (Å²) in [5.74, 6) is -0.0164. The third kappa shape index (κ3) is 3.38. The quantitative estimate of drug-likeness (QED) is 0.866. The van der Waals surface area contributed by atoms with Gasteiger partial charge < -0.3 is 10.4 Å². The molecule has 4 heteroatoms. The summed E-state index contributed by atoms with van der Waals surface area (Å²) in [5, 5.41) is 13.0. The van der Waals surface area contributed by atoms with E-state index in [1.54, 1.807) is 0 Å². The summed E-state index contributed by atoms with van der Waals surface area (Å²) in [6.07, 6.45) is 1.78. The molecule has 1 saturated heterocycles. The molecule has 1 heterocycles. The van der Waals surface area contributed by atoms with Gasteiger partial charge in [0.25, 0.3) is 0 Å². The lowest BCUT2D eigenvalue weighted by Crippen LogP contribution is -2.62. The van der Waals surface area contributed by atoms with E-state index in [1.165, 1.54) is 5.56 Å². The van der Waals surface area contributed by atoms with Crippen LogP contribution >= 0.6 is 0 Å². The van der Waals surface area contributed by atoms with Crippen molar-refractivity contribution in [3.63, 3.8) is 0 Å². The number of aryl methyl sites for hydroxylation is 1. The molecule has 1 fully saturated rings. The summed E-state index contributed by atoms with van der Waals surface area (Å²) in [6, 6.07) is 5.90. The molecule has 1 aromatic rings. The average molecular weight is 276 g/mol. The number of rotatable bonds is 5. The molecule has 1 aliphatic heterocycles. The van der Waals surface area contributed by atoms with E-state index in [1.807, 2.05) is 36.9 Å². The number of anilines is 1. The van der Waals surface area contributed by atoms with Crippen LogP contribution < -0.4 is 5.32 Å². The van der Waals surface area contributed by atoms with Crippen molar-refractivity contribution in [2.24, 2.45) is 0 Å². The Balaban J connectivity index is 1.84. The summed E-state index contributed by atoms with van der Waals surface area (Å²) in [5.41, 5.74) is 2.57. The smallest absolute Gasteiger partial charge is 0.238 e. The van der Waals surface area contributed by atoms with Crippen molar-refractivity contribution in [3.05, 3.63) is 29.3 Å². The van der Waals surface area contributed by atoms with Gasteiger partial charge in [-0.2, -0.15) is 0 Å². The van der Waals surface area contributed by atoms with Crippen LogP contribution in [-0.2, 0) is 4.79 Å². The van der Waals surface area contributed by atoms with E-state index in [2.05, 4.69) is 12.2 Å². The van der Waals surface area contributed by atoms with Crippen LogP contribution in [0.2, 0.25) is 0 Å². The molecule has 0 spiro atoms. The zero-order valence-corrected chi connectivity index (χ0v) is 12.6. The Kier molecular flexibility index (Phi) is 4.45. The molecule has 20 heavy (non-hydrogen) atoms. The molecule has 110 valence electrons. The molecule has 0 aromatic heterocycles. The van der Waals surface area contributed by atoms with E-state index in [-0.39, 0.29) is 5.91 Å². The molecular formula is C16H24N2O2. The van der Waals surface area contributed by atoms with Crippen LogP contribution in [0.15, 0.2) is 18.2 Å². The Morgan fingerprint density at radius 3 is 2.75 bits per heavy atom. The van der Waals surface area contributed by atoms with Crippen molar-refractivity contribution in [3.8, 4) is 0 Å². The van der Waals surface area contributed by atoms with Gasteiger partial charge in [-0.1, -0.05) is 25.5 Å². The van der Waals surface area contributed by atoms with Crippen LogP contribution in [-0.4, -0.2) is 41.1 Å². The number of nitrogens with one attached hydrogen (secondary N) is 1. The molecule has 0 atom stereocenters. The normalized spacial score (nSPS) is 17.6. The first-order chi connectivity index (χ1) is 9.43. The lowest BCUT2D eigenvalue weighted by molar-refractivity contribution is -0.129. The molecule has 0 bridgehead atoms. The first-order valence-corrected chi connectivity index (χ1v) is 7.24. The Bertz CT molecular complexity index is 493. The predicted octanol–water partition coefficient (Wildman–Crippen LogP) is 2.09. The highest BCUT2D eigenvalue weighted by Gasteiger charge is 2.40. The van der Waals surface area contributed by atoms with Crippen LogP contribution in [0.1, 0.15) is 30.9 Å². The lowest BCUT2D eigenvalue weighted by atomic mass is 9.89. The molecule has 0 radical (unpaired) electrons. The highest BCUT2D eigenvalue weighted by molar-refractivity contribution is 5.93. The van der Waals surface area contributed by atoms with Gasteiger partial charge in [0.2, 0.25) is 5.91 Å². The van der Waals surface area contributed by atoms with Crippen molar-refractivity contribution in [2.45, 2.75) is 39.2 Å². The SMILES string of the molecule is CCCC1(O)CN(CC(=O)Nc2cccc(C)c2C)C1. The van der Waals surface area contributed by atoms with Crippen LogP contribution in [0.4, 0.5) is 5.69 Å². The standard InChI is InChI=1S/C16H24N2O2/c1-4-8-16(20)10-18(11-16)9-15(19)17-14-7-5-6-12(2)13(14)3/h5-7,20H,4,8-11H2,1-3H3,(H,17,19). The number of amides is 1. The van der Waals surface area contributed by atoms with E-state index < -0.39 is 5.60 Å². The monoisotopic (exact) mass is 276 g/mol. The van der Waals surface area contributed by atoms with Crippen molar-refractivity contribution in [1.29, 1.82) is 0 Å². The molecular weight excluding hydrogens is 252 g/mol. The first-order valence-electron chi connectivity index (χ1n) is 7.24. The number of likely N-dealkylation sites (tertiary alicyclic amines) is 1. The molecule has 1 aromatic carbocycles. The largest absolute Gasteiger partial charge is 0.387 e. The van der Waals surface area contributed by atoms with E-state index in [0.29, 0.717) is 19.6 Å². The third-order valence-corrected chi connectivity index (χ3v) is 4.00. The molecule has 0 unspecified atom stereocenters. The minimum Gasteiger partial charge on any atom is -0.387 e. The topological polar surface area (TPSA) is 52.6 Å². The van der Waals surface area contributed by atoms with E-state index >= 15 is 0 Å². The second-order valence-corrected chi connectivity index (χ2v) is 5.92. The fourth-order valence-corrected chi connectivity index (χ4v) is 2.80. The van der Waals surface area contributed by atoms with Crippen LogP contribution in [0.25, 0.3) is 0 Å². The van der Waals surface area contributed by atoms with Gasteiger partial charge in [-0.05, 0) is 37.5 Å². The minimum atomic E-state index is -0.575. The molecule has 2 rings (SSSR count). The minimum absolute atomic E-state index is 0.0164. The molecule has 0 aliphatic carbocycles. The molecule has 4 nitrogen and oxygen atoms in total. The molecule has 1 aliphatic rings. The van der Waals surface area contributed by atoms with Crippen molar-refractivity contribution in [1.82, 2.24) is 4.90 Å². The lowest BCUT2D eigenvalue weighted by Gasteiger charge is -2.46. The number of benzene rings is 1. The summed E-state index contributed by atoms with van der Waals surface area (Å²) in [4.78, 5) is 14.0. The Morgan fingerprint density at radius 1 is 1.40 bits per heavy atom. The van der Waals surface area contributed by atoms with Gasteiger partial charge in [-0.3, -0.25) is 9.69 Å². The summed E-state index contributed by atoms with van der Waals surface area (Å²) < 4.78 is 0. The van der Waals surface area contributed by atoms with Crippen molar-refractivity contribution < 1.29 is 9.90 Å². The Hall–Kier alpha value is -1.39. The first kappa shape index (κ1) is 15.0. The van der Waals surface area contributed by atoms with Crippen molar-refractivity contribution in [2.75, 3.05) is 25.0 Å². The number of aliphatic hydroxyl groups is 1. The van der Waals surface area contributed by atoms with Crippen LogP contribution in [0.5, 0.6) is 0 Å². The number of carbonyl (C=O) groups is 1. The average Bonchev–Trinajstić information content (AvgIpc) is 2.33. The van der Waals surface area contributed by atoms with Gasteiger partial charge >= 0.3 is 0 Å². The second kappa shape index (κ2) is 5.94. The van der Waals surface area contributed by atoms with Crippen LogP contribution in [0.3, 0.4) is 0 Å². The molecule has 0 saturated carbocycles.